The standard InChI is InChI=1S/C28H30FN5O2/c1-18(14-30)15-31-27-21(17-36-3)10-8-19-7-9-20(13-22(19)27)24-5-4-6-26(32-24)28(35)33-25-11-12-34(2)16-23(25)29/h4-10,13,23,25,31H,1,11-12,15-17H2,2-3H3,(H,33,35)/t23-,25+/m0/s1. The van der Waals surface area contributed by atoms with Crippen LogP contribution in [0.1, 0.15) is 22.5 Å². The van der Waals surface area contributed by atoms with Gasteiger partial charge in [-0.15, -0.1) is 0 Å². The summed E-state index contributed by atoms with van der Waals surface area (Å²) >= 11 is 0. The monoisotopic (exact) mass is 487 g/mol. The van der Waals surface area contributed by atoms with Crippen LogP contribution in [-0.4, -0.2) is 61.8 Å². The van der Waals surface area contributed by atoms with Crippen LogP contribution in [0.15, 0.2) is 60.7 Å². The van der Waals surface area contributed by atoms with E-state index < -0.39 is 12.2 Å². The molecule has 2 atom stereocenters. The van der Waals surface area contributed by atoms with Gasteiger partial charge in [0.2, 0.25) is 0 Å². The number of methoxy groups -OCH3 is 1. The molecule has 2 heterocycles. The van der Waals surface area contributed by atoms with E-state index in [4.69, 9.17) is 10.00 Å². The van der Waals surface area contributed by atoms with Crippen LogP contribution in [0.2, 0.25) is 0 Å². The molecule has 1 fully saturated rings. The van der Waals surface area contributed by atoms with Gasteiger partial charge in [0.05, 0.1) is 24.4 Å². The number of halogens is 1. The predicted octanol–water partition coefficient (Wildman–Crippen LogP) is 4.31. The van der Waals surface area contributed by atoms with Gasteiger partial charge in [0.15, 0.2) is 0 Å². The Morgan fingerprint density at radius 3 is 2.86 bits per heavy atom. The first kappa shape index (κ1) is 25.3. The molecule has 0 aliphatic carbocycles. The van der Waals surface area contributed by atoms with E-state index in [0.717, 1.165) is 34.1 Å². The summed E-state index contributed by atoms with van der Waals surface area (Å²) < 4.78 is 19.8. The van der Waals surface area contributed by atoms with Gasteiger partial charge >= 0.3 is 0 Å². The Morgan fingerprint density at radius 1 is 1.31 bits per heavy atom. The lowest BCUT2D eigenvalue weighted by molar-refractivity contribution is 0.0817. The van der Waals surface area contributed by atoms with Crippen molar-refractivity contribution >= 4 is 22.4 Å². The smallest absolute Gasteiger partial charge is 0.270 e. The summed E-state index contributed by atoms with van der Waals surface area (Å²) in [6.07, 6.45) is -0.549. The maximum Gasteiger partial charge on any atom is 0.270 e. The molecule has 2 N–H and O–H groups in total. The number of hydrogen-bond acceptors (Lipinski definition) is 6. The van der Waals surface area contributed by atoms with Crippen molar-refractivity contribution in [1.82, 2.24) is 15.2 Å². The minimum absolute atomic E-state index is 0.246. The number of benzene rings is 2. The highest BCUT2D eigenvalue weighted by Gasteiger charge is 2.29. The van der Waals surface area contributed by atoms with Crippen molar-refractivity contribution < 1.29 is 13.9 Å². The Labute approximate surface area is 210 Å². The fourth-order valence-electron chi connectivity index (χ4n) is 4.43. The summed E-state index contributed by atoms with van der Waals surface area (Å²) in [6, 6.07) is 16.8. The van der Waals surface area contributed by atoms with Crippen LogP contribution in [0.4, 0.5) is 10.1 Å². The van der Waals surface area contributed by atoms with Crippen molar-refractivity contribution in [3.8, 4) is 17.3 Å². The molecular weight excluding hydrogens is 457 g/mol. The number of nitriles is 1. The number of aromatic nitrogens is 1. The number of anilines is 1. The highest BCUT2D eigenvalue weighted by atomic mass is 19.1. The van der Waals surface area contributed by atoms with Crippen LogP contribution in [0, 0.1) is 11.3 Å². The van der Waals surface area contributed by atoms with Crippen molar-refractivity contribution in [1.29, 1.82) is 5.26 Å². The van der Waals surface area contributed by atoms with E-state index in [2.05, 4.69) is 28.3 Å². The fourth-order valence-corrected chi connectivity index (χ4v) is 4.43. The first-order valence-electron chi connectivity index (χ1n) is 11.9. The van der Waals surface area contributed by atoms with Crippen molar-refractivity contribution in [2.24, 2.45) is 0 Å². The zero-order valence-corrected chi connectivity index (χ0v) is 20.6. The summed E-state index contributed by atoms with van der Waals surface area (Å²) in [5.74, 6) is -0.380. The number of ether oxygens (including phenoxy) is 1. The van der Waals surface area contributed by atoms with Crippen molar-refractivity contribution in [2.75, 3.05) is 39.1 Å². The fraction of sp³-hybridized carbons (Fsp3) is 0.321. The minimum Gasteiger partial charge on any atom is -0.380 e. The van der Waals surface area contributed by atoms with Gasteiger partial charge in [0, 0.05) is 54.5 Å². The Hall–Kier alpha value is -3.80. The lowest BCUT2D eigenvalue weighted by Gasteiger charge is -2.32. The number of fused-ring (bicyclic) bond motifs is 1. The number of piperidine rings is 1. The SMILES string of the molecule is C=C(C#N)CNc1c(COC)ccc2ccc(-c3cccc(C(=O)N[C@@H]4CCN(C)C[C@@H]4F)n3)cc12. The molecule has 186 valence electrons. The molecule has 0 unspecified atom stereocenters. The number of amides is 1. The van der Waals surface area contributed by atoms with Crippen LogP contribution in [-0.2, 0) is 11.3 Å². The summed E-state index contributed by atoms with van der Waals surface area (Å²) in [5, 5.41) is 17.2. The third-order valence-corrected chi connectivity index (χ3v) is 6.38. The zero-order valence-electron chi connectivity index (χ0n) is 20.6. The third-order valence-electron chi connectivity index (χ3n) is 6.38. The zero-order chi connectivity index (χ0) is 25.7. The van der Waals surface area contributed by atoms with E-state index in [1.54, 1.807) is 19.2 Å². The molecule has 4 rings (SSSR count). The summed E-state index contributed by atoms with van der Waals surface area (Å²) in [7, 11) is 3.51. The summed E-state index contributed by atoms with van der Waals surface area (Å²) in [5.41, 5.74) is 3.94. The average Bonchev–Trinajstić information content (AvgIpc) is 2.89. The molecule has 0 radical (unpaired) electrons. The average molecular weight is 488 g/mol. The molecule has 2 aromatic carbocycles. The second kappa shape index (κ2) is 11.3. The van der Waals surface area contributed by atoms with Gasteiger partial charge in [-0.2, -0.15) is 5.26 Å². The Morgan fingerprint density at radius 2 is 2.11 bits per heavy atom. The molecule has 1 aromatic heterocycles. The van der Waals surface area contributed by atoms with E-state index in [9.17, 15) is 9.18 Å². The highest BCUT2D eigenvalue weighted by molar-refractivity contribution is 5.98. The Bertz CT molecular complexity index is 1320. The van der Waals surface area contributed by atoms with Gasteiger partial charge in [0.1, 0.15) is 11.9 Å². The maximum atomic E-state index is 14.4. The van der Waals surface area contributed by atoms with Crippen molar-refractivity contribution in [2.45, 2.75) is 25.2 Å². The number of carbonyl (C=O) groups excluding carboxylic acids is 1. The van der Waals surface area contributed by atoms with Gasteiger partial charge in [0.25, 0.3) is 5.91 Å². The van der Waals surface area contributed by atoms with Crippen LogP contribution in [0.5, 0.6) is 0 Å². The van der Waals surface area contributed by atoms with E-state index in [1.165, 1.54) is 0 Å². The Balaban J connectivity index is 1.64. The second-order valence-electron chi connectivity index (χ2n) is 9.09. The van der Waals surface area contributed by atoms with E-state index in [-0.39, 0.29) is 11.6 Å². The molecule has 36 heavy (non-hydrogen) atoms. The number of alkyl halides is 1. The predicted molar refractivity (Wildman–Crippen MR) is 139 cm³/mol. The van der Waals surface area contributed by atoms with Crippen LogP contribution in [0.3, 0.4) is 0 Å². The van der Waals surface area contributed by atoms with Crippen molar-refractivity contribution in [3.63, 3.8) is 0 Å². The minimum atomic E-state index is -1.11. The normalized spacial score (nSPS) is 17.9. The largest absolute Gasteiger partial charge is 0.380 e. The van der Waals surface area contributed by atoms with Crippen molar-refractivity contribution in [3.05, 3.63) is 71.9 Å². The topological polar surface area (TPSA) is 90.3 Å². The van der Waals surface area contributed by atoms with Crippen LogP contribution < -0.4 is 10.6 Å². The number of rotatable bonds is 8. The third kappa shape index (κ3) is 5.70. The summed E-state index contributed by atoms with van der Waals surface area (Å²) in [4.78, 5) is 19.4. The van der Waals surface area contributed by atoms with Gasteiger partial charge in [-0.1, -0.05) is 36.9 Å². The molecule has 0 spiro atoms. The van der Waals surface area contributed by atoms with Gasteiger partial charge < -0.3 is 20.3 Å². The van der Waals surface area contributed by atoms with Crippen LogP contribution >= 0.6 is 0 Å². The number of nitrogens with zero attached hydrogens (tertiary/aromatic N) is 3. The Kier molecular flexibility index (Phi) is 7.93. The van der Waals surface area contributed by atoms with E-state index in [1.807, 2.05) is 48.3 Å². The molecule has 1 aliphatic heterocycles. The molecule has 1 amide bonds. The molecule has 7 nitrogen and oxygen atoms in total. The molecule has 0 bridgehead atoms. The first-order valence-corrected chi connectivity index (χ1v) is 11.9. The number of hydrogen-bond donors (Lipinski definition) is 2. The second-order valence-corrected chi connectivity index (χ2v) is 9.09. The highest BCUT2D eigenvalue weighted by Crippen LogP contribution is 2.32. The maximum absolute atomic E-state index is 14.4. The van der Waals surface area contributed by atoms with E-state index >= 15 is 0 Å². The molecule has 8 heteroatoms. The molecule has 1 saturated heterocycles. The quantitative estimate of drug-likeness (QED) is 0.460. The molecule has 0 saturated carbocycles. The van der Waals surface area contributed by atoms with E-state index in [0.29, 0.717) is 37.4 Å². The number of likely N-dealkylation sites (tertiary alicyclic amines) is 1. The van der Waals surface area contributed by atoms with Crippen LogP contribution in [0.25, 0.3) is 22.0 Å². The van der Waals surface area contributed by atoms with Gasteiger partial charge in [-0.3, -0.25) is 4.79 Å². The molecular formula is C28H30FN5O2. The van der Waals surface area contributed by atoms with Gasteiger partial charge in [-0.05, 0) is 37.1 Å². The number of nitrogens with one attached hydrogen (secondary N) is 2. The molecule has 1 aliphatic rings. The molecule has 3 aromatic rings. The first-order chi connectivity index (χ1) is 17.4. The lowest BCUT2D eigenvalue weighted by Crippen LogP contribution is -2.51. The van der Waals surface area contributed by atoms with Gasteiger partial charge in [-0.25, -0.2) is 9.37 Å². The number of pyridine rings is 1. The summed E-state index contributed by atoms with van der Waals surface area (Å²) in [6.45, 7) is 5.52. The number of carbonyl (C=O) groups is 1. The lowest BCUT2D eigenvalue weighted by atomic mass is 9.99.